The zero-order chi connectivity index (χ0) is 11.5. The number of halogens is 1. The van der Waals surface area contributed by atoms with Gasteiger partial charge in [0.05, 0.1) is 0 Å². The molecular formula is C13H17ClN2. The van der Waals surface area contributed by atoms with Crippen LogP contribution in [0, 0.1) is 0 Å². The maximum absolute atomic E-state index is 6.00. The van der Waals surface area contributed by atoms with E-state index in [0.29, 0.717) is 0 Å². The molecule has 1 aromatic carbocycles. The second kappa shape index (κ2) is 4.79. The molecule has 1 aliphatic rings. The van der Waals surface area contributed by atoms with E-state index in [1.54, 1.807) is 5.54 Å². The van der Waals surface area contributed by atoms with Crippen molar-refractivity contribution in [3.8, 4) is 0 Å². The van der Waals surface area contributed by atoms with Crippen LogP contribution in [0.2, 0.25) is 0 Å². The number of hydrogen-bond donors (Lipinski definition) is 1. The fourth-order valence-electron chi connectivity index (χ4n) is 2.23. The summed E-state index contributed by atoms with van der Waals surface area (Å²) in [6.07, 6.45) is 2.25. The standard InChI is InChI=1S/C13H17ClN2/c1-10(8-14)9-16-7-3-4-11-12(15)5-2-6-13(11)16/h2,5-6,8H,3-4,7,9,15H2,1H3/b10-8-. The van der Waals surface area contributed by atoms with Crippen molar-refractivity contribution in [2.24, 2.45) is 0 Å². The minimum Gasteiger partial charge on any atom is -0.398 e. The van der Waals surface area contributed by atoms with Gasteiger partial charge in [-0.05, 0) is 43.0 Å². The molecule has 0 radical (unpaired) electrons. The maximum atomic E-state index is 6.00. The Kier molecular flexibility index (Phi) is 3.39. The number of nitrogens with two attached hydrogens (primary N) is 1. The maximum Gasteiger partial charge on any atom is 0.0422 e. The fourth-order valence-corrected chi connectivity index (χ4v) is 2.30. The lowest BCUT2D eigenvalue weighted by Crippen LogP contribution is -2.31. The Balaban J connectivity index is 2.30. The Morgan fingerprint density at radius 1 is 1.56 bits per heavy atom. The van der Waals surface area contributed by atoms with Gasteiger partial charge in [0.25, 0.3) is 0 Å². The molecule has 0 bridgehead atoms. The van der Waals surface area contributed by atoms with Crippen LogP contribution in [0.4, 0.5) is 11.4 Å². The summed E-state index contributed by atoms with van der Waals surface area (Å²) < 4.78 is 0. The molecule has 2 N–H and O–H groups in total. The van der Waals surface area contributed by atoms with Crippen molar-refractivity contribution in [1.29, 1.82) is 0 Å². The average molecular weight is 237 g/mol. The molecule has 1 aliphatic heterocycles. The Morgan fingerprint density at radius 3 is 3.12 bits per heavy atom. The summed E-state index contributed by atoms with van der Waals surface area (Å²) in [6.45, 7) is 4.02. The first kappa shape index (κ1) is 11.3. The van der Waals surface area contributed by atoms with Crippen LogP contribution in [-0.4, -0.2) is 13.1 Å². The highest BCUT2D eigenvalue weighted by Crippen LogP contribution is 2.31. The average Bonchev–Trinajstić information content (AvgIpc) is 2.30. The van der Waals surface area contributed by atoms with E-state index in [1.165, 1.54) is 16.8 Å². The van der Waals surface area contributed by atoms with Crippen LogP contribution in [0.15, 0.2) is 29.3 Å². The van der Waals surface area contributed by atoms with Gasteiger partial charge in [0.2, 0.25) is 0 Å². The van der Waals surface area contributed by atoms with E-state index in [9.17, 15) is 0 Å². The Morgan fingerprint density at radius 2 is 2.38 bits per heavy atom. The van der Waals surface area contributed by atoms with Crippen molar-refractivity contribution in [1.82, 2.24) is 0 Å². The molecule has 3 heteroatoms. The van der Waals surface area contributed by atoms with Crippen LogP contribution in [0.3, 0.4) is 0 Å². The van der Waals surface area contributed by atoms with Crippen molar-refractivity contribution < 1.29 is 0 Å². The van der Waals surface area contributed by atoms with Crippen LogP contribution in [0.5, 0.6) is 0 Å². The molecule has 2 nitrogen and oxygen atoms in total. The largest absolute Gasteiger partial charge is 0.398 e. The van der Waals surface area contributed by atoms with Crippen molar-refractivity contribution >= 4 is 23.0 Å². The zero-order valence-corrected chi connectivity index (χ0v) is 10.3. The Hall–Kier alpha value is -1.15. The van der Waals surface area contributed by atoms with Crippen LogP contribution < -0.4 is 10.6 Å². The van der Waals surface area contributed by atoms with E-state index in [1.807, 2.05) is 19.1 Å². The van der Waals surface area contributed by atoms with Crippen molar-refractivity contribution in [2.75, 3.05) is 23.7 Å². The second-order valence-corrected chi connectivity index (χ2v) is 4.54. The van der Waals surface area contributed by atoms with Crippen LogP contribution in [0.1, 0.15) is 18.9 Å². The molecule has 1 aromatic rings. The summed E-state index contributed by atoms with van der Waals surface area (Å²) in [6, 6.07) is 6.14. The molecule has 0 amide bonds. The third-order valence-corrected chi connectivity index (χ3v) is 3.38. The lowest BCUT2D eigenvalue weighted by Gasteiger charge is -2.32. The highest BCUT2D eigenvalue weighted by Gasteiger charge is 2.18. The molecule has 0 aromatic heterocycles. The fraction of sp³-hybridized carbons (Fsp3) is 0.385. The third-order valence-electron chi connectivity index (χ3n) is 3.01. The van der Waals surface area contributed by atoms with Gasteiger partial charge in [-0.2, -0.15) is 0 Å². The molecule has 86 valence electrons. The van der Waals surface area contributed by atoms with Crippen molar-refractivity contribution in [3.05, 3.63) is 34.9 Å². The van der Waals surface area contributed by atoms with Gasteiger partial charge in [-0.1, -0.05) is 17.7 Å². The molecule has 0 spiro atoms. The molecule has 1 heterocycles. The van der Waals surface area contributed by atoms with Crippen LogP contribution in [0.25, 0.3) is 0 Å². The number of fused-ring (bicyclic) bond motifs is 1. The molecular weight excluding hydrogens is 220 g/mol. The van der Waals surface area contributed by atoms with Gasteiger partial charge in [-0.3, -0.25) is 0 Å². The number of hydrogen-bond acceptors (Lipinski definition) is 2. The van der Waals surface area contributed by atoms with E-state index in [4.69, 9.17) is 17.3 Å². The number of nitrogen functional groups attached to an aromatic ring is 1. The number of benzene rings is 1. The summed E-state index contributed by atoms with van der Waals surface area (Å²) in [7, 11) is 0. The molecule has 0 unspecified atom stereocenters. The van der Waals surface area contributed by atoms with Crippen molar-refractivity contribution in [3.63, 3.8) is 0 Å². The highest BCUT2D eigenvalue weighted by molar-refractivity contribution is 6.25. The first-order chi connectivity index (χ1) is 7.72. The van der Waals surface area contributed by atoms with Gasteiger partial charge in [-0.25, -0.2) is 0 Å². The normalized spacial score (nSPS) is 16.1. The van der Waals surface area contributed by atoms with Crippen molar-refractivity contribution in [2.45, 2.75) is 19.8 Å². The van der Waals surface area contributed by atoms with Gasteiger partial charge < -0.3 is 10.6 Å². The van der Waals surface area contributed by atoms with E-state index in [2.05, 4.69) is 11.0 Å². The van der Waals surface area contributed by atoms with Crippen LogP contribution in [-0.2, 0) is 6.42 Å². The zero-order valence-electron chi connectivity index (χ0n) is 9.54. The minimum absolute atomic E-state index is 0.889. The van der Waals surface area contributed by atoms with Gasteiger partial charge in [-0.15, -0.1) is 0 Å². The third kappa shape index (κ3) is 2.17. The highest BCUT2D eigenvalue weighted by atomic mass is 35.5. The topological polar surface area (TPSA) is 29.3 Å². The van der Waals surface area contributed by atoms with Crippen LogP contribution >= 0.6 is 11.6 Å². The van der Waals surface area contributed by atoms with Gasteiger partial charge in [0.1, 0.15) is 0 Å². The summed E-state index contributed by atoms with van der Waals surface area (Å²) >= 11 is 5.72. The van der Waals surface area contributed by atoms with E-state index < -0.39 is 0 Å². The predicted octanol–water partition coefficient (Wildman–Crippen LogP) is 3.16. The van der Waals surface area contributed by atoms with Gasteiger partial charge in [0.15, 0.2) is 0 Å². The molecule has 2 rings (SSSR count). The van der Waals surface area contributed by atoms with E-state index >= 15 is 0 Å². The molecule has 0 atom stereocenters. The van der Waals surface area contributed by atoms with Gasteiger partial charge in [0, 0.05) is 30.0 Å². The Labute approximate surface area is 102 Å². The monoisotopic (exact) mass is 236 g/mol. The molecule has 0 aliphatic carbocycles. The molecule has 16 heavy (non-hydrogen) atoms. The Bertz CT molecular complexity index is 412. The minimum atomic E-state index is 0.889. The lowest BCUT2D eigenvalue weighted by atomic mass is 9.99. The van der Waals surface area contributed by atoms with E-state index in [0.717, 1.165) is 31.6 Å². The second-order valence-electron chi connectivity index (χ2n) is 4.33. The summed E-state index contributed by atoms with van der Waals surface area (Å²) in [5.41, 5.74) is 12.3. The molecule has 0 saturated heterocycles. The number of anilines is 2. The summed E-state index contributed by atoms with van der Waals surface area (Å²) in [5.74, 6) is 0. The summed E-state index contributed by atoms with van der Waals surface area (Å²) in [5, 5.41) is 0. The first-order valence-corrected chi connectivity index (χ1v) is 6.04. The van der Waals surface area contributed by atoms with E-state index in [-0.39, 0.29) is 0 Å². The quantitative estimate of drug-likeness (QED) is 0.800. The molecule has 0 saturated carbocycles. The number of rotatable bonds is 2. The summed E-state index contributed by atoms with van der Waals surface area (Å²) in [4.78, 5) is 2.35. The smallest absolute Gasteiger partial charge is 0.0422 e. The number of nitrogens with zero attached hydrogens (tertiary/aromatic N) is 1. The van der Waals surface area contributed by atoms with Gasteiger partial charge >= 0.3 is 0 Å². The predicted molar refractivity (Wildman–Crippen MR) is 71.0 cm³/mol. The molecule has 0 fully saturated rings. The lowest BCUT2D eigenvalue weighted by molar-refractivity contribution is 0.715. The SMILES string of the molecule is C/C(=C/Cl)CN1CCCc2c(N)cccc21. The first-order valence-electron chi connectivity index (χ1n) is 5.60.